The van der Waals surface area contributed by atoms with Gasteiger partial charge in [0.2, 0.25) is 10.0 Å². The number of hydrogen-bond donors (Lipinski definition) is 2. The average molecular weight is 407 g/mol. The van der Waals surface area contributed by atoms with Crippen molar-refractivity contribution >= 4 is 16.1 Å². The number of ether oxygens (including phenoxy) is 1. The Kier molecular flexibility index (Phi) is 5.31. The third-order valence-electron chi connectivity index (χ3n) is 4.90. The Balaban J connectivity index is 2.04. The number of fused-ring (bicyclic) bond motifs is 1. The summed E-state index contributed by atoms with van der Waals surface area (Å²) >= 11 is 0. The van der Waals surface area contributed by atoms with E-state index in [-0.39, 0.29) is 21.8 Å². The van der Waals surface area contributed by atoms with Crippen molar-refractivity contribution in [2.24, 2.45) is 0 Å². The predicted molar refractivity (Wildman–Crippen MR) is 101 cm³/mol. The van der Waals surface area contributed by atoms with Gasteiger partial charge in [-0.25, -0.2) is 13.1 Å². The van der Waals surface area contributed by atoms with Gasteiger partial charge in [0.1, 0.15) is 17.5 Å². The Morgan fingerprint density at radius 2 is 1.86 bits per heavy atom. The molecule has 3 rings (SSSR count). The SMILES string of the molecule is CCc1ccc(S(=O)(=O)N[C@@H]2c3cc(C(=O)F)ccc3OC(C)(C)[C@@H]2O)cc1. The molecule has 0 spiro atoms. The standard InChI is InChI=1S/C20H22FNO5S/c1-4-12-5-8-14(9-6-12)28(25,26)22-17-15-11-13(19(21)24)7-10-16(15)27-20(2,3)18(17)23/h5-11,17-18,22-23H,4H2,1-3H3/t17-,18-/m1/s1. The zero-order valence-corrected chi connectivity index (χ0v) is 16.6. The molecule has 0 unspecified atom stereocenters. The van der Waals surface area contributed by atoms with E-state index in [0.29, 0.717) is 0 Å². The number of aryl methyl sites for hydroxylation is 1. The van der Waals surface area contributed by atoms with E-state index in [0.717, 1.165) is 12.0 Å². The molecular weight excluding hydrogens is 385 g/mol. The molecule has 0 aliphatic carbocycles. The number of carbonyl (C=O) groups excluding carboxylic acids is 1. The topological polar surface area (TPSA) is 92.7 Å². The molecule has 6 nitrogen and oxygen atoms in total. The number of carbonyl (C=O) groups is 1. The Bertz CT molecular complexity index is 1000. The molecule has 2 atom stereocenters. The minimum Gasteiger partial charge on any atom is -0.485 e. The Morgan fingerprint density at radius 1 is 1.21 bits per heavy atom. The first-order chi connectivity index (χ1) is 13.0. The van der Waals surface area contributed by atoms with Crippen molar-refractivity contribution < 1.29 is 27.4 Å². The molecule has 0 saturated heterocycles. The molecule has 0 saturated carbocycles. The van der Waals surface area contributed by atoms with Crippen molar-refractivity contribution in [3.05, 3.63) is 59.2 Å². The second-order valence-electron chi connectivity index (χ2n) is 7.27. The number of benzene rings is 2. The first kappa shape index (κ1) is 20.4. The molecule has 150 valence electrons. The third-order valence-corrected chi connectivity index (χ3v) is 6.35. The Labute approximate surface area is 163 Å². The van der Waals surface area contributed by atoms with E-state index < -0.39 is 33.8 Å². The lowest BCUT2D eigenvalue weighted by atomic mass is 9.86. The summed E-state index contributed by atoms with van der Waals surface area (Å²) < 4.78 is 47.1. The maximum Gasteiger partial charge on any atom is 0.332 e. The van der Waals surface area contributed by atoms with Crippen molar-refractivity contribution in [2.75, 3.05) is 0 Å². The highest BCUT2D eigenvalue weighted by atomic mass is 32.2. The largest absolute Gasteiger partial charge is 0.485 e. The second kappa shape index (κ2) is 7.27. The van der Waals surface area contributed by atoms with Crippen LogP contribution in [-0.2, 0) is 16.4 Å². The second-order valence-corrected chi connectivity index (χ2v) is 8.99. The van der Waals surface area contributed by atoms with Gasteiger partial charge in [0.15, 0.2) is 0 Å². The average Bonchev–Trinajstić information content (AvgIpc) is 2.65. The fraction of sp³-hybridized carbons (Fsp3) is 0.350. The maximum absolute atomic E-state index is 13.2. The van der Waals surface area contributed by atoms with Gasteiger partial charge in [-0.05, 0) is 56.2 Å². The van der Waals surface area contributed by atoms with Crippen LogP contribution in [0, 0.1) is 0 Å². The molecule has 0 fully saturated rings. The van der Waals surface area contributed by atoms with E-state index in [1.54, 1.807) is 26.0 Å². The lowest BCUT2D eigenvalue weighted by molar-refractivity contribution is -0.0603. The molecule has 0 amide bonds. The highest BCUT2D eigenvalue weighted by Crippen LogP contribution is 2.41. The molecule has 0 aromatic heterocycles. The van der Waals surface area contributed by atoms with Gasteiger partial charge in [0.05, 0.1) is 16.5 Å². The first-order valence-electron chi connectivity index (χ1n) is 8.87. The van der Waals surface area contributed by atoms with Crippen LogP contribution >= 0.6 is 0 Å². The highest BCUT2D eigenvalue weighted by Gasteiger charge is 2.44. The Morgan fingerprint density at radius 3 is 2.43 bits per heavy atom. The van der Waals surface area contributed by atoms with Crippen molar-refractivity contribution in [1.29, 1.82) is 0 Å². The quantitative estimate of drug-likeness (QED) is 0.744. The van der Waals surface area contributed by atoms with Gasteiger partial charge in [-0.15, -0.1) is 0 Å². The normalized spacial score (nSPS) is 20.9. The summed E-state index contributed by atoms with van der Waals surface area (Å²) in [6.45, 7) is 5.20. The summed E-state index contributed by atoms with van der Waals surface area (Å²) in [5.41, 5.74) is -0.162. The Hall–Kier alpha value is -2.29. The molecule has 2 N–H and O–H groups in total. The summed E-state index contributed by atoms with van der Waals surface area (Å²) in [5, 5.41) is 10.7. The summed E-state index contributed by atoms with van der Waals surface area (Å²) in [7, 11) is -3.99. The lowest BCUT2D eigenvalue weighted by Gasteiger charge is -2.42. The zero-order chi connectivity index (χ0) is 20.7. The zero-order valence-electron chi connectivity index (χ0n) is 15.8. The van der Waals surface area contributed by atoms with E-state index in [9.17, 15) is 22.7 Å². The number of aliphatic hydroxyl groups excluding tert-OH is 1. The van der Waals surface area contributed by atoms with Crippen LogP contribution < -0.4 is 9.46 Å². The van der Waals surface area contributed by atoms with Crippen LogP contribution in [0.4, 0.5) is 4.39 Å². The van der Waals surface area contributed by atoms with Crippen LogP contribution in [0.25, 0.3) is 0 Å². The van der Waals surface area contributed by atoms with E-state index in [1.165, 1.54) is 30.3 Å². The molecule has 28 heavy (non-hydrogen) atoms. The molecular formula is C20H22FNO5S. The minimum atomic E-state index is -3.99. The fourth-order valence-electron chi connectivity index (χ4n) is 3.19. The number of nitrogens with one attached hydrogen (secondary N) is 1. The van der Waals surface area contributed by atoms with E-state index in [2.05, 4.69) is 4.72 Å². The first-order valence-corrected chi connectivity index (χ1v) is 10.4. The number of halogens is 1. The van der Waals surface area contributed by atoms with E-state index >= 15 is 0 Å². The fourth-order valence-corrected chi connectivity index (χ4v) is 4.41. The van der Waals surface area contributed by atoms with Gasteiger partial charge in [0.25, 0.3) is 0 Å². The van der Waals surface area contributed by atoms with Crippen LogP contribution in [0.5, 0.6) is 5.75 Å². The van der Waals surface area contributed by atoms with Crippen LogP contribution in [0.1, 0.15) is 48.3 Å². The van der Waals surface area contributed by atoms with Gasteiger partial charge in [-0.1, -0.05) is 19.1 Å². The van der Waals surface area contributed by atoms with Gasteiger partial charge >= 0.3 is 6.04 Å². The van der Waals surface area contributed by atoms with E-state index in [1.807, 2.05) is 6.92 Å². The third kappa shape index (κ3) is 3.80. The van der Waals surface area contributed by atoms with Gasteiger partial charge in [-0.3, -0.25) is 4.79 Å². The monoisotopic (exact) mass is 407 g/mol. The minimum absolute atomic E-state index is 0.0421. The van der Waals surface area contributed by atoms with Crippen molar-refractivity contribution in [1.82, 2.24) is 4.72 Å². The smallest absolute Gasteiger partial charge is 0.332 e. The molecule has 0 radical (unpaired) electrons. The maximum atomic E-state index is 13.2. The lowest BCUT2D eigenvalue weighted by Crippen LogP contribution is -2.53. The van der Waals surface area contributed by atoms with Crippen LogP contribution in [0.3, 0.4) is 0 Å². The number of rotatable bonds is 5. The van der Waals surface area contributed by atoms with Crippen molar-refractivity contribution in [3.8, 4) is 5.75 Å². The number of hydrogen-bond acceptors (Lipinski definition) is 5. The van der Waals surface area contributed by atoms with Gasteiger partial charge < -0.3 is 9.84 Å². The van der Waals surface area contributed by atoms with Gasteiger partial charge in [-0.2, -0.15) is 4.39 Å². The summed E-state index contributed by atoms with van der Waals surface area (Å²) in [6.07, 6.45) is -0.497. The molecule has 8 heteroatoms. The van der Waals surface area contributed by atoms with Crippen molar-refractivity contribution in [2.45, 2.75) is 49.8 Å². The highest BCUT2D eigenvalue weighted by molar-refractivity contribution is 7.89. The molecule has 2 aromatic carbocycles. The number of aliphatic hydroxyl groups is 1. The predicted octanol–water partition coefficient (Wildman–Crippen LogP) is 2.91. The van der Waals surface area contributed by atoms with Crippen LogP contribution in [0.2, 0.25) is 0 Å². The van der Waals surface area contributed by atoms with E-state index in [4.69, 9.17) is 4.74 Å². The molecule has 1 aliphatic heterocycles. The summed E-state index contributed by atoms with van der Waals surface area (Å²) in [4.78, 5) is 11.1. The summed E-state index contributed by atoms with van der Waals surface area (Å²) in [5.74, 6) is 0.273. The molecule has 1 heterocycles. The molecule has 2 aromatic rings. The summed E-state index contributed by atoms with van der Waals surface area (Å²) in [6, 6.07) is 7.48. The number of sulfonamides is 1. The molecule has 1 aliphatic rings. The van der Waals surface area contributed by atoms with Gasteiger partial charge in [0, 0.05) is 5.56 Å². The van der Waals surface area contributed by atoms with Crippen molar-refractivity contribution in [3.63, 3.8) is 0 Å². The van der Waals surface area contributed by atoms with Crippen LogP contribution in [-0.4, -0.2) is 31.3 Å². The van der Waals surface area contributed by atoms with Crippen LogP contribution in [0.15, 0.2) is 47.4 Å². The molecule has 0 bridgehead atoms.